The minimum absolute atomic E-state index is 0.0898. The normalized spacial score (nSPS) is 12.1. The molecule has 0 radical (unpaired) electrons. The van der Waals surface area contributed by atoms with Gasteiger partial charge in [-0.2, -0.15) is 0 Å². The minimum Gasteiger partial charge on any atom is -0.497 e. The second kappa shape index (κ2) is 6.79. The zero-order chi connectivity index (χ0) is 17.1. The van der Waals surface area contributed by atoms with E-state index < -0.39 is 0 Å². The smallest absolute Gasteiger partial charge is 0.343 e. The SMILES string of the molecule is CCC(c1ccccc1)c1c(OC)c2cc(OC)ccc2oc1=O. The quantitative estimate of drug-likeness (QED) is 0.655. The molecule has 0 aliphatic rings. The molecule has 0 N–H and O–H groups in total. The Hall–Kier alpha value is -2.75. The molecule has 3 aromatic rings. The zero-order valence-electron chi connectivity index (χ0n) is 14.0. The summed E-state index contributed by atoms with van der Waals surface area (Å²) >= 11 is 0. The first-order chi connectivity index (χ1) is 11.7. The Bertz CT molecular complexity index is 897. The molecule has 3 rings (SSSR count). The number of hydrogen-bond donors (Lipinski definition) is 0. The predicted octanol–water partition coefficient (Wildman–Crippen LogP) is 4.35. The van der Waals surface area contributed by atoms with E-state index in [1.54, 1.807) is 26.4 Å². The lowest BCUT2D eigenvalue weighted by molar-refractivity contribution is 0.399. The number of fused-ring (bicyclic) bond motifs is 1. The summed E-state index contributed by atoms with van der Waals surface area (Å²) in [6.45, 7) is 2.05. The number of rotatable bonds is 5. The summed E-state index contributed by atoms with van der Waals surface area (Å²) in [4.78, 5) is 12.7. The second-order valence-corrected chi connectivity index (χ2v) is 5.57. The lowest BCUT2D eigenvalue weighted by Gasteiger charge is -2.18. The molecule has 1 aromatic heterocycles. The van der Waals surface area contributed by atoms with Crippen molar-refractivity contribution in [2.75, 3.05) is 14.2 Å². The fraction of sp³-hybridized carbons (Fsp3) is 0.250. The fourth-order valence-electron chi connectivity index (χ4n) is 3.11. The van der Waals surface area contributed by atoms with Gasteiger partial charge in [-0.05, 0) is 30.2 Å². The van der Waals surface area contributed by atoms with E-state index in [0.29, 0.717) is 22.6 Å². The highest BCUT2D eigenvalue weighted by molar-refractivity contribution is 5.86. The summed E-state index contributed by atoms with van der Waals surface area (Å²) in [5.41, 5.74) is 1.74. The Kier molecular flexibility index (Phi) is 4.56. The van der Waals surface area contributed by atoms with E-state index in [1.807, 2.05) is 43.3 Å². The molecule has 4 heteroatoms. The number of hydrogen-bond acceptors (Lipinski definition) is 4. The Labute approximate surface area is 140 Å². The van der Waals surface area contributed by atoms with Crippen molar-refractivity contribution in [2.45, 2.75) is 19.3 Å². The van der Waals surface area contributed by atoms with Crippen LogP contribution < -0.4 is 15.1 Å². The Balaban J connectivity index is 2.30. The van der Waals surface area contributed by atoms with Gasteiger partial charge >= 0.3 is 5.63 Å². The summed E-state index contributed by atoms with van der Waals surface area (Å²) in [7, 11) is 3.18. The average molecular weight is 324 g/mol. The maximum atomic E-state index is 12.7. The Morgan fingerprint density at radius 1 is 1.04 bits per heavy atom. The molecule has 2 aromatic carbocycles. The summed E-state index contributed by atoms with van der Waals surface area (Å²) in [6, 6.07) is 15.3. The van der Waals surface area contributed by atoms with Crippen molar-refractivity contribution in [3.05, 3.63) is 70.1 Å². The van der Waals surface area contributed by atoms with Crippen LogP contribution in [0.5, 0.6) is 11.5 Å². The van der Waals surface area contributed by atoms with E-state index in [0.717, 1.165) is 17.4 Å². The van der Waals surface area contributed by atoms with Gasteiger partial charge in [0, 0.05) is 5.92 Å². The molecule has 4 nitrogen and oxygen atoms in total. The molecule has 1 heterocycles. The summed E-state index contributed by atoms with van der Waals surface area (Å²) < 4.78 is 16.5. The molecule has 0 saturated heterocycles. The predicted molar refractivity (Wildman–Crippen MR) is 94.2 cm³/mol. The monoisotopic (exact) mass is 324 g/mol. The van der Waals surface area contributed by atoms with Gasteiger partial charge in [0.05, 0.1) is 25.2 Å². The van der Waals surface area contributed by atoms with Crippen LogP contribution in [-0.2, 0) is 0 Å². The van der Waals surface area contributed by atoms with Gasteiger partial charge in [-0.3, -0.25) is 0 Å². The van der Waals surface area contributed by atoms with E-state index in [2.05, 4.69) is 0 Å². The van der Waals surface area contributed by atoms with Crippen LogP contribution in [0.3, 0.4) is 0 Å². The maximum absolute atomic E-state index is 12.7. The lowest BCUT2D eigenvalue weighted by Crippen LogP contribution is -2.15. The molecule has 0 bridgehead atoms. The van der Waals surface area contributed by atoms with Gasteiger partial charge in [0.2, 0.25) is 0 Å². The highest BCUT2D eigenvalue weighted by Crippen LogP contribution is 2.37. The van der Waals surface area contributed by atoms with Crippen LogP contribution in [-0.4, -0.2) is 14.2 Å². The molecule has 0 fully saturated rings. The third-order valence-corrected chi connectivity index (χ3v) is 4.26. The molecule has 0 aliphatic carbocycles. The molecule has 24 heavy (non-hydrogen) atoms. The molecule has 1 unspecified atom stereocenters. The van der Waals surface area contributed by atoms with E-state index in [9.17, 15) is 4.79 Å². The standard InChI is InChI=1S/C20H20O4/c1-4-15(13-8-6-5-7-9-13)18-19(23-3)16-12-14(22-2)10-11-17(16)24-20(18)21/h5-12,15H,4H2,1-3H3. The summed E-state index contributed by atoms with van der Waals surface area (Å²) in [5, 5.41) is 0.737. The van der Waals surface area contributed by atoms with Crippen LogP contribution in [0, 0.1) is 0 Å². The number of ether oxygens (including phenoxy) is 2. The fourth-order valence-corrected chi connectivity index (χ4v) is 3.11. The minimum atomic E-state index is -0.361. The molecule has 1 atom stereocenters. The van der Waals surface area contributed by atoms with E-state index in [-0.39, 0.29) is 11.5 Å². The van der Waals surface area contributed by atoms with E-state index in [1.165, 1.54) is 0 Å². The maximum Gasteiger partial charge on any atom is 0.343 e. The topological polar surface area (TPSA) is 48.7 Å². The van der Waals surface area contributed by atoms with Crippen LogP contribution >= 0.6 is 0 Å². The van der Waals surface area contributed by atoms with Gasteiger partial charge in [-0.25, -0.2) is 4.79 Å². The molecule has 0 amide bonds. The molecule has 124 valence electrons. The van der Waals surface area contributed by atoms with Gasteiger partial charge in [-0.1, -0.05) is 37.3 Å². The van der Waals surface area contributed by atoms with Crippen LogP contribution in [0.15, 0.2) is 57.7 Å². The first-order valence-electron chi connectivity index (χ1n) is 7.93. The molecule has 0 saturated carbocycles. The molecule has 0 spiro atoms. The first-order valence-corrected chi connectivity index (χ1v) is 7.93. The lowest BCUT2D eigenvalue weighted by atomic mass is 9.89. The number of benzene rings is 2. The van der Waals surface area contributed by atoms with E-state index in [4.69, 9.17) is 13.9 Å². The van der Waals surface area contributed by atoms with Crippen LogP contribution in [0.4, 0.5) is 0 Å². The molecular weight excluding hydrogens is 304 g/mol. The molecular formula is C20H20O4. The van der Waals surface area contributed by atoms with Gasteiger partial charge in [0.25, 0.3) is 0 Å². The summed E-state index contributed by atoms with van der Waals surface area (Å²) in [5.74, 6) is 1.15. The number of methoxy groups -OCH3 is 2. The van der Waals surface area contributed by atoms with Crippen molar-refractivity contribution in [1.82, 2.24) is 0 Å². The Morgan fingerprint density at radius 3 is 2.42 bits per heavy atom. The van der Waals surface area contributed by atoms with Gasteiger partial charge in [0.1, 0.15) is 17.1 Å². The highest BCUT2D eigenvalue weighted by Gasteiger charge is 2.24. The van der Waals surface area contributed by atoms with Gasteiger partial charge in [0.15, 0.2) is 0 Å². The highest BCUT2D eigenvalue weighted by atomic mass is 16.5. The van der Waals surface area contributed by atoms with E-state index >= 15 is 0 Å². The van der Waals surface area contributed by atoms with Gasteiger partial charge in [-0.15, -0.1) is 0 Å². The third-order valence-electron chi connectivity index (χ3n) is 4.26. The second-order valence-electron chi connectivity index (χ2n) is 5.57. The Morgan fingerprint density at radius 2 is 1.79 bits per heavy atom. The summed E-state index contributed by atoms with van der Waals surface area (Å²) in [6.07, 6.45) is 0.764. The van der Waals surface area contributed by atoms with Crippen LogP contribution in [0.2, 0.25) is 0 Å². The average Bonchev–Trinajstić information content (AvgIpc) is 2.63. The van der Waals surface area contributed by atoms with Gasteiger partial charge < -0.3 is 13.9 Å². The molecule has 0 aliphatic heterocycles. The van der Waals surface area contributed by atoms with Crippen molar-refractivity contribution in [3.8, 4) is 11.5 Å². The zero-order valence-corrected chi connectivity index (χ0v) is 14.0. The van der Waals surface area contributed by atoms with Crippen molar-refractivity contribution >= 4 is 11.0 Å². The third kappa shape index (κ3) is 2.75. The first kappa shape index (κ1) is 16.1. The van der Waals surface area contributed by atoms with Crippen molar-refractivity contribution < 1.29 is 13.9 Å². The van der Waals surface area contributed by atoms with Crippen molar-refractivity contribution in [1.29, 1.82) is 0 Å². The largest absolute Gasteiger partial charge is 0.497 e. The van der Waals surface area contributed by atoms with Crippen LogP contribution in [0.1, 0.15) is 30.4 Å². The van der Waals surface area contributed by atoms with Crippen molar-refractivity contribution in [3.63, 3.8) is 0 Å². The van der Waals surface area contributed by atoms with Crippen LogP contribution in [0.25, 0.3) is 11.0 Å². The van der Waals surface area contributed by atoms with Crippen molar-refractivity contribution in [2.24, 2.45) is 0 Å².